The number of fused-ring (bicyclic) bond motifs is 1. The van der Waals surface area contributed by atoms with Crippen LogP contribution < -0.4 is 10.1 Å². The Bertz CT molecular complexity index is 559. The molecule has 0 bridgehead atoms. The lowest BCUT2D eigenvalue weighted by Gasteiger charge is -2.35. The van der Waals surface area contributed by atoms with E-state index in [1.807, 2.05) is 24.3 Å². The van der Waals surface area contributed by atoms with Crippen molar-refractivity contribution in [3.8, 4) is 5.75 Å². The van der Waals surface area contributed by atoms with Gasteiger partial charge in [-0.05, 0) is 56.0 Å². The molecule has 5 nitrogen and oxygen atoms in total. The fraction of sp³-hybridized carbons (Fsp3) is 0.650. The van der Waals surface area contributed by atoms with Gasteiger partial charge in [0.25, 0.3) is 5.91 Å². The Labute approximate surface area is 150 Å². The van der Waals surface area contributed by atoms with Crippen LogP contribution in [0, 0.1) is 5.92 Å². The number of amides is 1. The molecule has 0 radical (unpaired) electrons. The monoisotopic (exact) mass is 346 g/mol. The first-order chi connectivity index (χ1) is 12.1. The Morgan fingerprint density at radius 3 is 2.92 bits per heavy atom. The minimum Gasteiger partial charge on any atom is -0.494 e. The van der Waals surface area contributed by atoms with Gasteiger partial charge in [0.15, 0.2) is 0 Å². The molecule has 1 aromatic rings. The predicted molar refractivity (Wildman–Crippen MR) is 98.1 cm³/mol. The number of ether oxygens (including phenoxy) is 2. The van der Waals surface area contributed by atoms with Crippen LogP contribution in [0.15, 0.2) is 24.3 Å². The second kappa shape index (κ2) is 8.68. The second-order valence-electron chi connectivity index (χ2n) is 7.51. The third-order valence-electron chi connectivity index (χ3n) is 5.03. The number of benzene rings is 1. The maximum absolute atomic E-state index is 12.3. The molecule has 3 rings (SSSR count). The van der Waals surface area contributed by atoms with E-state index in [1.54, 1.807) is 0 Å². The zero-order valence-corrected chi connectivity index (χ0v) is 15.4. The van der Waals surface area contributed by atoms with Crippen molar-refractivity contribution >= 4 is 5.91 Å². The van der Waals surface area contributed by atoms with E-state index < -0.39 is 0 Å². The Morgan fingerprint density at radius 1 is 1.36 bits per heavy atom. The van der Waals surface area contributed by atoms with Gasteiger partial charge in [0.05, 0.1) is 19.3 Å². The summed E-state index contributed by atoms with van der Waals surface area (Å²) >= 11 is 0. The van der Waals surface area contributed by atoms with Gasteiger partial charge in [-0.2, -0.15) is 0 Å². The highest BCUT2D eigenvalue weighted by atomic mass is 16.5. The van der Waals surface area contributed by atoms with Crippen molar-refractivity contribution in [1.29, 1.82) is 0 Å². The zero-order chi connectivity index (χ0) is 17.6. The molecular formula is C20H30N2O3. The first-order valence-corrected chi connectivity index (χ1v) is 9.48. The van der Waals surface area contributed by atoms with Crippen LogP contribution in [0.25, 0.3) is 0 Å². The molecule has 2 fully saturated rings. The van der Waals surface area contributed by atoms with E-state index >= 15 is 0 Å². The number of hydrogen-bond acceptors (Lipinski definition) is 4. The third kappa shape index (κ3) is 5.19. The summed E-state index contributed by atoms with van der Waals surface area (Å²) in [5.41, 5.74) is 0.658. The molecular weight excluding hydrogens is 316 g/mol. The van der Waals surface area contributed by atoms with Gasteiger partial charge in [-0.15, -0.1) is 0 Å². The lowest BCUT2D eigenvalue weighted by atomic mass is 10.1. The number of nitrogens with one attached hydrogen (secondary N) is 1. The lowest BCUT2D eigenvalue weighted by molar-refractivity contribution is -0.0461. The Hall–Kier alpha value is -1.59. The molecule has 2 heterocycles. The van der Waals surface area contributed by atoms with Gasteiger partial charge in [-0.25, -0.2) is 0 Å². The first-order valence-electron chi connectivity index (χ1n) is 9.48. The minimum absolute atomic E-state index is 0.0547. The van der Waals surface area contributed by atoms with Crippen LogP contribution in [0.1, 0.15) is 43.5 Å². The maximum atomic E-state index is 12.3. The van der Waals surface area contributed by atoms with Crippen LogP contribution in [0.5, 0.6) is 5.75 Å². The summed E-state index contributed by atoms with van der Waals surface area (Å²) < 4.78 is 11.6. The smallest absolute Gasteiger partial charge is 0.251 e. The van der Waals surface area contributed by atoms with Gasteiger partial charge in [-0.3, -0.25) is 9.69 Å². The molecule has 1 amide bonds. The highest BCUT2D eigenvalue weighted by Crippen LogP contribution is 2.22. The molecule has 2 aliphatic rings. The van der Waals surface area contributed by atoms with Gasteiger partial charge in [0.2, 0.25) is 0 Å². The van der Waals surface area contributed by atoms with E-state index in [1.165, 1.54) is 12.8 Å². The van der Waals surface area contributed by atoms with Crippen molar-refractivity contribution in [1.82, 2.24) is 10.2 Å². The fourth-order valence-electron chi connectivity index (χ4n) is 3.43. The number of rotatable bonds is 7. The van der Waals surface area contributed by atoms with Crippen LogP contribution in [0.3, 0.4) is 0 Å². The number of carbonyl (C=O) groups excluding carboxylic acids is 1. The lowest BCUT2D eigenvalue weighted by Crippen LogP contribution is -2.50. The molecule has 2 saturated heterocycles. The molecule has 2 atom stereocenters. The van der Waals surface area contributed by atoms with Gasteiger partial charge in [0, 0.05) is 24.7 Å². The molecule has 0 aliphatic carbocycles. The van der Waals surface area contributed by atoms with Crippen molar-refractivity contribution in [2.75, 3.05) is 32.8 Å². The largest absolute Gasteiger partial charge is 0.494 e. The SMILES string of the molecule is CC(C)CCOc1ccc(C(=O)NC[C@H]2CN3CCC[C@H]3CO2)cc1. The summed E-state index contributed by atoms with van der Waals surface area (Å²) in [6.07, 6.45) is 3.63. The zero-order valence-electron chi connectivity index (χ0n) is 15.4. The van der Waals surface area contributed by atoms with Gasteiger partial charge >= 0.3 is 0 Å². The van der Waals surface area contributed by atoms with Crippen molar-refractivity contribution < 1.29 is 14.3 Å². The van der Waals surface area contributed by atoms with E-state index in [0.717, 1.165) is 31.9 Å². The summed E-state index contributed by atoms with van der Waals surface area (Å²) in [7, 11) is 0. The van der Waals surface area contributed by atoms with Crippen molar-refractivity contribution in [3.63, 3.8) is 0 Å². The molecule has 2 aliphatic heterocycles. The average Bonchev–Trinajstić information content (AvgIpc) is 3.07. The molecule has 138 valence electrons. The molecule has 0 spiro atoms. The van der Waals surface area contributed by atoms with E-state index in [2.05, 4.69) is 24.1 Å². The summed E-state index contributed by atoms with van der Waals surface area (Å²) in [6.45, 7) is 8.51. The van der Waals surface area contributed by atoms with Crippen LogP contribution in [0.2, 0.25) is 0 Å². The third-order valence-corrected chi connectivity index (χ3v) is 5.03. The number of nitrogens with zero attached hydrogens (tertiary/aromatic N) is 1. The van der Waals surface area contributed by atoms with Gasteiger partial charge in [0.1, 0.15) is 5.75 Å². The Balaban J connectivity index is 1.42. The standard InChI is InChI=1S/C20H30N2O3/c1-15(2)9-11-24-18-7-5-16(6-8-18)20(23)21-12-19-13-22-10-3-4-17(22)14-25-19/h5-8,15,17,19H,3-4,9-14H2,1-2H3,(H,21,23)/t17-,19-/m0/s1. The van der Waals surface area contributed by atoms with E-state index in [0.29, 0.717) is 30.7 Å². The molecule has 5 heteroatoms. The molecule has 1 aromatic carbocycles. The van der Waals surface area contributed by atoms with Crippen LogP contribution in [0.4, 0.5) is 0 Å². The number of carbonyl (C=O) groups is 1. The quantitative estimate of drug-likeness (QED) is 0.825. The summed E-state index contributed by atoms with van der Waals surface area (Å²) in [4.78, 5) is 14.8. The van der Waals surface area contributed by atoms with Crippen LogP contribution in [-0.4, -0.2) is 55.8 Å². The van der Waals surface area contributed by atoms with E-state index in [9.17, 15) is 4.79 Å². The second-order valence-corrected chi connectivity index (χ2v) is 7.51. The highest BCUT2D eigenvalue weighted by molar-refractivity contribution is 5.94. The minimum atomic E-state index is -0.0547. The first kappa shape index (κ1) is 18.2. The molecule has 25 heavy (non-hydrogen) atoms. The van der Waals surface area contributed by atoms with E-state index in [-0.39, 0.29) is 12.0 Å². The van der Waals surface area contributed by atoms with Crippen molar-refractivity contribution in [2.45, 2.75) is 45.3 Å². The maximum Gasteiger partial charge on any atom is 0.251 e. The average molecular weight is 346 g/mol. The predicted octanol–water partition coefficient (Wildman–Crippen LogP) is 2.70. The Morgan fingerprint density at radius 2 is 2.16 bits per heavy atom. The molecule has 0 aromatic heterocycles. The van der Waals surface area contributed by atoms with Gasteiger partial charge < -0.3 is 14.8 Å². The highest BCUT2D eigenvalue weighted by Gasteiger charge is 2.32. The van der Waals surface area contributed by atoms with Crippen LogP contribution >= 0.6 is 0 Å². The van der Waals surface area contributed by atoms with Crippen molar-refractivity contribution in [3.05, 3.63) is 29.8 Å². The molecule has 0 unspecified atom stereocenters. The van der Waals surface area contributed by atoms with Gasteiger partial charge in [-0.1, -0.05) is 13.8 Å². The summed E-state index contributed by atoms with van der Waals surface area (Å²) in [6, 6.07) is 7.95. The molecule has 0 saturated carbocycles. The van der Waals surface area contributed by atoms with E-state index in [4.69, 9.17) is 9.47 Å². The Kier molecular flexibility index (Phi) is 6.32. The summed E-state index contributed by atoms with van der Waals surface area (Å²) in [5.74, 6) is 1.39. The topological polar surface area (TPSA) is 50.8 Å². The number of hydrogen-bond donors (Lipinski definition) is 1. The molecule has 1 N–H and O–H groups in total. The number of morpholine rings is 1. The summed E-state index contributed by atoms with van der Waals surface area (Å²) in [5, 5.41) is 2.99. The van der Waals surface area contributed by atoms with Crippen molar-refractivity contribution in [2.24, 2.45) is 5.92 Å². The fourth-order valence-corrected chi connectivity index (χ4v) is 3.43. The van der Waals surface area contributed by atoms with Crippen LogP contribution in [-0.2, 0) is 4.74 Å². The normalized spacial score (nSPS) is 23.5.